The molecule has 1 aliphatic rings. The van der Waals surface area contributed by atoms with E-state index >= 15 is 0 Å². The van der Waals surface area contributed by atoms with Gasteiger partial charge in [-0.3, -0.25) is 0 Å². The predicted molar refractivity (Wildman–Crippen MR) is 272 cm³/mol. The van der Waals surface area contributed by atoms with Gasteiger partial charge in [-0.05, 0) is 98.6 Å². The standard InChI is InChI=1S/C61H44N4O/c1-61(2)52-28-16-15-25-46(52)50-38-43(30-33-53(50)61)49-36-41(31-34-54(49)65(3)44-22-11-6-12-23-44)42-32-35-55-51(37-42)57-47(27-17-29-56(57)66-55)45-24-13-14-26-48(45)60-63-58(39-18-7-4-8-19-39)62-59(64-60)40-20-9-5-10-21-40/h4-38H,1-3H3. The topological polar surface area (TPSA) is 55.1 Å². The van der Waals surface area contributed by atoms with Crippen LogP contribution in [0.25, 0.3) is 101 Å². The molecule has 1 aliphatic carbocycles. The molecule has 0 amide bonds. The third-order valence-electron chi connectivity index (χ3n) is 13.4. The van der Waals surface area contributed by atoms with Crippen LogP contribution in [-0.2, 0) is 5.41 Å². The van der Waals surface area contributed by atoms with E-state index in [1.807, 2.05) is 60.7 Å². The van der Waals surface area contributed by atoms with Crippen LogP contribution in [0.1, 0.15) is 25.0 Å². The van der Waals surface area contributed by atoms with Gasteiger partial charge in [0, 0.05) is 56.9 Å². The first kappa shape index (κ1) is 39.2. The number of fused-ring (bicyclic) bond motifs is 6. The Bertz CT molecular complexity index is 3580. The van der Waals surface area contributed by atoms with Gasteiger partial charge in [0.15, 0.2) is 17.5 Å². The highest BCUT2D eigenvalue weighted by atomic mass is 16.3. The summed E-state index contributed by atoms with van der Waals surface area (Å²) in [5.74, 6) is 1.86. The van der Waals surface area contributed by atoms with Crippen LogP contribution < -0.4 is 4.90 Å². The van der Waals surface area contributed by atoms with Crippen LogP contribution in [-0.4, -0.2) is 22.0 Å². The molecule has 0 aliphatic heterocycles. The Morgan fingerprint density at radius 2 is 0.924 bits per heavy atom. The summed E-state index contributed by atoms with van der Waals surface area (Å²) in [5, 5.41) is 2.09. The van der Waals surface area contributed by atoms with Crippen molar-refractivity contribution in [1.82, 2.24) is 15.0 Å². The van der Waals surface area contributed by atoms with Crippen LogP contribution in [0.5, 0.6) is 0 Å². The summed E-state index contributed by atoms with van der Waals surface area (Å²) in [6, 6.07) is 74.9. The highest BCUT2D eigenvalue weighted by Gasteiger charge is 2.35. The number of aromatic nitrogens is 3. The van der Waals surface area contributed by atoms with E-state index in [9.17, 15) is 0 Å². The molecule has 12 rings (SSSR count). The number of nitrogens with zero attached hydrogens (tertiary/aromatic N) is 4. The summed E-state index contributed by atoms with van der Waals surface area (Å²) in [6.45, 7) is 4.67. The molecule has 0 fully saturated rings. The maximum absolute atomic E-state index is 6.64. The van der Waals surface area contributed by atoms with E-state index in [2.05, 4.69) is 177 Å². The van der Waals surface area contributed by atoms with Crippen molar-refractivity contribution in [2.75, 3.05) is 11.9 Å². The van der Waals surface area contributed by atoms with Crippen LogP contribution >= 0.6 is 0 Å². The molecule has 2 heterocycles. The molecule has 11 aromatic rings. The molecule has 0 N–H and O–H groups in total. The van der Waals surface area contributed by atoms with E-state index in [1.54, 1.807) is 0 Å². The molecule has 66 heavy (non-hydrogen) atoms. The van der Waals surface area contributed by atoms with Crippen molar-refractivity contribution in [2.24, 2.45) is 0 Å². The van der Waals surface area contributed by atoms with Gasteiger partial charge in [0.25, 0.3) is 0 Å². The molecule has 5 heteroatoms. The summed E-state index contributed by atoms with van der Waals surface area (Å²) in [6.07, 6.45) is 0. The minimum atomic E-state index is -0.0698. The Morgan fingerprint density at radius 1 is 0.379 bits per heavy atom. The van der Waals surface area contributed by atoms with Crippen molar-refractivity contribution >= 4 is 33.3 Å². The maximum Gasteiger partial charge on any atom is 0.164 e. The molecular formula is C61H44N4O. The van der Waals surface area contributed by atoms with Crippen LogP contribution in [0.15, 0.2) is 217 Å². The second-order valence-corrected chi connectivity index (χ2v) is 17.6. The summed E-state index contributed by atoms with van der Waals surface area (Å²) >= 11 is 0. The molecule has 9 aromatic carbocycles. The number of rotatable bonds is 8. The molecule has 0 spiro atoms. The van der Waals surface area contributed by atoms with E-state index in [-0.39, 0.29) is 5.41 Å². The summed E-state index contributed by atoms with van der Waals surface area (Å²) in [5.41, 5.74) is 18.6. The largest absolute Gasteiger partial charge is 0.456 e. The number of para-hydroxylation sites is 1. The van der Waals surface area contributed by atoms with Gasteiger partial charge in [0.1, 0.15) is 11.2 Å². The van der Waals surface area contributed by atoms with Crippen LogP contribution in [0.4, 0.5) is 11.4 Å². The Kier molecular flexibility index (Phi) is 9.32. The molecule has 0 bridgehead atoms. The van der Waals surface area contributed by atoms with Crippen molar-refractivity contribution < 1.29 is 4.42 Å². The van der Waals surface area contributed by atoms with Gasteiger partial charge in [0.05, 0.1) is 0 Å². The second kappa shape index (κ2) is 15.7. The minimum absolute atomic E-state index is 0.0698. The SMILES string of the molecule is CN(c1ccccc1)c1ccc(-c2ccc3oc4cccc(-c5ccccc5-c5nc(-c6ccccc6)nc(-c6ccccc6)n5)c4c3c2)cc1-c1ccc2c(c1)-c1ccccc1C2(C)C. The van der Waals surface area contributed by atoms with Gasteiger partial charge in [0.2, 0.25) is 0 Å². The lowest BCUT2D eigenvalue weighted by Gasteiger charge is -2.25. The first-order valence-electron chi connectivity index (χ1n) is 22.5. The lowest BCUT2D eigenvalue weighted by atomic mass is 9.82. The average Bonchev–Trinajstić information content (AvgIpc) is 3.87. The zero-order chi connectivity index (χ0) is 44.4. The highest BCUT2D eigenvalue weighted by molar-refractivity contribution is 6.14. The number of anilines is 2. The molecule has 0 unspecified atom stereocenters. The Hall–Kier alpha value is -8.41. The Balaban J connectivity index is 1.01. The Labute approximate surface area is 384 Å². The predicted octanol–water partition coefficient (Wildman–Crippen LogP) is 15.8. The van der Waals surface area contributed by atoms with Crippen LogP contribution in [0.2, 0.25) is 0 Å². The average molecular weight is 849 g/mol. The third-order valence-corrected chi connectivity index (χ3v) is 13.4. The van der Waals surface area contributed by atoms with E-state index in [0.29, 0.717) is 17.5 Å². The molecule has 5 nitrogen and oxygen atoms in total. The summed E-state index contributed by atoms with van der Waals surface area (Å²) < 4.78 is 6.64. The first-order chi connectivity index (χ1) is 32.4. The van der Waals surface area contributed by atoms with E-state index in [0.717, 1.165) is 77.8 Å². The normalized spacial score (nSPS) is 12.6. The quantitative estimate of drug-likeness (QED) is 0.152. The number of hydrogen-bond donors (Lipinski definition) is 0. The van der Waals surface area contributed by atoms with Crippen molar-refractivity contribution in [3.05, 3.63) is 223 Å². The van der Waals surface area contributed by atoms with Crippen LogP contribution in [0.3, 0.4) is 0 Å². The number of furan rings is 1. The molecule has 0 saturated carbocycles. The molecule has 314 valence electrons. The van der Waals surface area contributed by atoms with E-state index in [1.165, 1.54) is 27.8 Å². The van der Waals surface area contributed by atoms with Gasteiger partial charge < -0.3 is 9.32 Å². The zero-order valence-corrected chi connectivity index (χ0v) is 36.9. The lowest BCUT2D eigenvalue weighted by molar-refractivity contribution is 0.660. The summed E-state index contributed by atoms with van der Waals surface area (Å²) in [7, 11) is 2.16. The van der Waals surface area contributed by atoms with Gasteiger partial charge in [-0.2, -0.15) is 0 Å². The molecule has 0 saturated heterocycles. The molecule has 0 radical (unpaired) electrons. The smallest absolute Gasteiger partial charge is 0.164 e. The fraction of sp³-hybridized carbons (Fsp3) is 0.0656. The van der Waals surface area contributed by atoms with Gasteiger partial charge in [-0.25, -0.2) is 15.0 Å². The van der Waals surface area contributed by atoms with E-state index in [4.69, 9.17) is 19.4 Å². The van der Waals surface area contributed by atoms with Gasteiger partial charge in [-0.1, -0.05) is 178 Å². The van der Waals surface area contributed by atoms with E-state index < -0.39 is 0 Å². The highest BCUT2D eigenvalue weighted by Crippen LogP contribution is 2.51. The molecular weight excluding hydrogens is 805 g/mol. The zero-order valence-electron chi connectivity index (χ0n) is 36.9. The fourth-order valence-electron chi connectivity index (χ4n) is 9.99. The number of benzene rings is 9. The third kappa shape index (κ3) is 6.59. The van der Waals surface area contributed by atoms with Crippen molar-refractivity contribution in [2.45, 2.75) is 19.3 Å². The van der Waals surface area contributed by atoms with Crippen molar-refractivity contribution in [3.8, 4) is 78.7 Å². The van der Waals surface area contributed by atoms with Crippen molar-refractivity contribution in [3.63, 3.8) is 0 Å². The Morgan fingerprint density at radius 3 is 1.65 bits per heavy atom. The minimum Gasteiger partial charge on any atom is -0.456 e. The van der Waals surface area contributed by atoms with Crippen LogP contribution in [0, 0.1) is 0 Å². The molecule has 2 aromatic heterocycles. The number of hydrogen-bond acceptors (Lipinski definition) is 5. The molecule has 0 atom stereocenters. The van der Waals surface area contributed by atoms with Gasteiger partial charge >= 0.3 is 0 Å². The van der Waals surface area contributed by atoms with Gasteiger partial charge in [-0.15, -0.1) is 0 Å². The maximum atomic E-state index is 6.64. The van der Waals surface area contributed by atoms with Crippen molar-refractivity contribution in [1.29, 1.82) is 0 Å². The second-order valence-electron chi connectivity index (χ2n) is 17.6. The monoisotopic (exact) mass is 848 g/mol. The lowest BCUT2D eigenvalue weighted by Crippen LogP contribution is -2.14. The fourth-order valence-corrected chi connectivity index (χ4v) is 9.99. The first-order valence-corrected chi connectivity index (χ1v) is 22.5. The summed E-state index contributed by atoms with van der Waals surface area (Å²) in [4.78, 5) is 17.5.